The quantitative estimate of drug-likeness (QED) is 0.445. The van der Waals surface area contributed by atoms with Crippen molar-refractivity contribution >= 4 is 17.7 Å². The van der Waals surface area contributed by atoms with Gasteiger partial charge in [0, 0.05) is 38.4 Å². The van der Waals surface area contributed by atoms with E-state index in [1.54, 1.807) is 6.08 Å². The number of carbonyl (C=O) groups is 1. The van der Waals surface area contributed by atoms with Crippen LogP contribution in [0, 0.1) is 11.3 Å². The zero-order valence-corrected chi connectivity index (χ0v) is 15.8. The number of aliphatic hydroxyl groups is 1. The topological polar surface area (TPSA) is 97.6 Å². The van der Waals surface area contributed by atoms with Gasteiger partial charge in [-0.15, -0.1) is 0 Å². The van der Waals surface area contributed by atoms with E-state index in [2.05, 4.69) is 15.5 Å². The number of rotatable bonds is 9. The molecule has 1 atom stereocenters. The molecule has 27 heavy (non-hydrogen) atoms. The highest BCUT2D eigenvalue weighted by atomic mass is 16.5. The van der Waals surface area contributed by atoms with Crippen LogP contribution in [0.25, 0.3) is 6.08 Å². The lowest BCUT2D eigenvalue weighted by Crippen LogP contribution is -2.38. The van der Waals surface area contributed by atoms with E-state index in [1.807, 2.05) is 37.3 Å². The van der Waals surface area contributed by atoms with Gasteiger partial charge in [-0.1, -0.05) is 19.1 Å². The van der Waals surface area contributed by atoms with Gasteiger partial charge < -0.3 is 20.5 Å². The van der Waals surface area contributed by atoms with Crippen molar-refractivity contribution in [1.29, 1.82) is 5.26 Å². The van der Waals surface area contributed by atoms with E-state index < -0.39 is 12.0 Å². The van der Waals surface area contributed by atoms with Crippen LogP contribution in [-0.4, -0.2) is 68.0 Å². The van der Waals surface area contributed by atoms with E-state index in [9.17, 15) is 15.2 Å². The predicted molar refractivity (Wildman–Crippen MR) is 105 cm³/mol. The van der Waals surface area contributed by atoms with Crippen LogP contribution in [0.1, 0.15) is 18.9 Å². The maximum atomic E-state index is 12.0. The second kappa shape index (κ2) is 11.3. The minimum absolute atomic E-state index is 0.0197. The predicted octanol–water partition coefficient (Wildman–Crippen LogP) is 1.22. The molecule has 1 fully saturated rings. The van der Waals surface area contributed by atoms with Gasteiger partial charge in [-0.05, 0) is 30.2 Å². The van der Waals surface area contributed by atoms with Crippen molar-refractivity contribution in [3.05, 3.63) is 35.4 Å². The smallest absolute Gasteiger partial charge is 0.262 e. The van der Waals surface area contributed by atoms with Crippen LogP contribution in [0.3, 0.4) is 0 Å². The Kier molecular flexibility index (Phi) is 8.78. The van der Waals surface area contributed by atoms with Crippen LogP contribution in [0.15, 0.2) is 29.8 Å². The number of hydrogen-bond acceptors (Lipinski definition) is 6. The number of benzene rings is 1. The molecule has 1 aromatic carbocycles. The van der Waals surface area contributed by atoms with Crippen molar-refractivity contribution < 1.29 is 14.6 Å². The molecule has 0 spiro atoms. The molecule has 0 aliphatic carbocycles. The van der Waals surface area contributed by atoms with Crippen LogP contribution in [0.2, 0.25) is 0 Å². The van der Waals surface area contributed by atoms with E-state index >= 15 is 0 Å². The van der Waals surface area contributed by atoms with Gasteiger partial charge in [0.2, 0.25) is 0 Å². The number of nitrogens with one attached hydrogen (secondary N) is 2. The average molecular weight is 372 g/mol. The maximum absolute atomic E-state index is 12.0. The molecule has 1 aliphatic heterocycles. The number of carbonyl (C=O) groups excluding carboxylic acids is 1. The highest BCUT2D eigenvalue weighted by Gasteiger charge is 2.11. The summed E-state index contributed by atoms with van der Waals surface area (Å²) in [4.78, 5) is 14.4. The van der Waals surface area contributed by atoms with Crippen molar-refractivity contribution in [2.24, 2.45) is 0 Å². The largest absolute Gasteiger partial charge is 0.391 e. The Morgan fingerprint density at radius 2 is 2.07 bits per heavy atom. The number of anilines is 1. The summed E-state index contributed by atoms with van der Waals surface area (Å²) in [6.45, 7) is 7.32. The molecule has 0 saturated carbocycles. The second-order valence-corrected chi connectivity index (χ2v) is 6.44. The number of amides is 1. The van der Waals surface area contributed by atoms with Gasteiger partial charge in [0.25, 0.3) is 5.91 Å². The summed E-state index contributed by atoms with van der Waals surface area (Å²) in [7, 11) is 0. The fraction of sp³-hybridized carbons (Fsp3) is 0.500. The molecule has 7 heteroatoms. The summed E-state index contributed by atoms with van der Waals surface area (Å²) in [5, 5.41) is 24.7. The lowest BCUT2D eigenvalue weighted by molar-refractivity contribution is -0.117. The third-order valence-corrected chi connectivity index (χ3v) is 4.42. The monoisotopic (exact) mass is 372 g/mol. The zero-order chi connectivity index (χ0) is 19.5. The van der Waals surface area contributed by atoms with Crippen molar-refractivity contribution in [2.45, 2.75) is 19.4 Å². The molecule has 3 N–H and O–H groups in total. The third-order valence-electron chi connectivity index (χ3n) is 4.42. The normalized spacial score (nSPS) is 16.4. The first-order valence-corrected chi connectivity index (χ1v) is 9.34. The Balaban J connectivity index is 1.84. The number of morpholine rings is 1. The van der Waals surface area contributed by atoms with Gasteiger partial charge in [-0.3, -0.25) is 9.69 Å². The van der Waals surface area contributed by atoms with Crippen molar-refractivity contribution in [2.75, 3.05) is 51.3 Å². The standard InChI is InChI=1S/C20H28N4O3/c1-2-19(25)15-23-20(26)17(14-21)13-16-3-5-18(6-4-16)22-7-8-24-9-11-27-12-10-24/h3-6,13,19,22,25H,2,7-12,15H2,1H3,(H,23,26)/b17-13+. The minimum atomic E-state index is -0.600. The maximum Gasteiger partial charge on any atom is 0.262 e. The number of nitriles is 1. The molecule has 1 aliphatic rings. The first-order valence-electron chi connectivity index (χ1n) is 9.34. The first kappa shape index (κ1) is 20.9. The molecule has 1 heterocycles. The highest BCUT2D eigenvalue weighted by molar-refractivity contribution is 6.01. The molecule has 1 unspecified atom stereocenters. The molecular weight excluding hydrogens is 344 g/mol. The fourth-order valence-corrected chi connectivity index (χ4v) is 2.65. The van der Waals surface area contributed by atoms with Crippen molar-refractivity contribution in [3.8, 4) is 6.07 Å². The van der Waals surface area contributed by atoms with Crippen LogP contribution in [-0.2, 0) is 9.53 Å². The van der Waals surface area contributed by atoms with E-state index in [1.165, 1.54) is 0 Å². The minimum Gasteiger partial charge on any atom is -0.391 e. The lowest BCUT2D eigenvalue weighted by atomic mass is 10.1. The van der Waals surface area contributed by atoms with E-state index in [0.29, 0.717) is 6.42 Å². The Morgan fingerprint density at radius 1 is 1.37 bits per heavy atom. The summed E-state index contributed by atoms with van der Waals surface area (Å²) in [6, 6.07) is 9.50. The van der Waals surface area contributed by atoms with Crippen LogP contribution in [0.5, 0.6) is 0 Å². The van der Waals surface area contributed by atoms with Crippen molar-refractivity contribution in [1.82, 2.24) is 10.2 Å². The van der Waals surface area contributed by atoms with Gasteiger partial charge in [0.1, 0.15) is 11.6 Å². The molecule has 2 rings (SSSR count). The summed E-state index contributed by atoms with van der Waals surface area (Å²) in [6.07, 6.45) is 1.49. The van der Waals surface area contributed by atoms with Crippen LogP contribution < -0.4 is 10.6 Å². The third kappa shape index (κ3) is 7.39. The van der Waals surface area contributed by atoms with Crippen molar-refractivity contribution in [3.63, 3.8) is 0 Å². The SMILES string of the molecule is CCC(O)CNC(=O)/C(C#N)=C/c1ccc(NCCN2CCOCC2)cc1. The Bertz CT molecular complexity index is 661. The summed E-state index contributed by atoms with van der Waals surface area (Å²) >= 11 is 0. The fourth-order valence-electron chi connectivity index (χ4n) is 2.65. The number of nitrogens with zero attached hydrogens (tertiary/aromatic N) is 2. The zero-order valence-electron chi connectivity index (χ0n) is 15.8. The Labute approximate surface area is 160 Å². The van der Waals surface area contributed by atoms with Gasteiger partial charge in [0.05, 0.1) is 19.3 Å². The first-order chi connectivity index (χ1) is 13.1. The second-order valence-electron chi connectivity index (χ2n) is 6.44. The van der Waals surface area contributed by atoms with E-state index in [-0.39, 0.29) is 12.1 Å². The molecule has 1 aromatic rings. The number of hydrogen-bond donors (Lipinski definition) is 3. The highest BCUT2D eigenvalue weighted by Crippen LogP contribution is 2.13. The molecule has 1 amide bonds. The van der Waals surface area contributed by atoms with Crippen LogP contribution >= 0.6 is 0 Å². The number of aliphatic hydroxyl groups excluding tert-OH is 1. The van der Waals surface area contributed by atoms with E-state index in [0.717, 1.165) is 50.6 Å². The van der Waals surface area contributed by atoms with Gasteiger partial charge in [-0.2, -0.15) is 5.26 Å². The van der Waals surface area contributed by atoms with Gasteiger partial charge >= 0.3 is 0 Å². The lowest BCUT2D eigenvalue weighted by Gasteiger charge is -2.26. The molecule has 0 radical (unpaired) electrons. The Hall–Kier alpha value is -2.40. The average Bonchev–Trinajstić information content (AvgIpc) is 2.71. The van der Waals surface area contributed by atoms with Crippen LogP contribution in [0.4, 0.5) is 5.69 Å². The molecule has 1 saturated heterocycles. The summed E-state index contributed by atoms with van der Waals surface area (Å²) in [5.41, 5.74) is 1.79. The summed E-state index contributed by atoms with van der Waals surface area (Å²) < 4.78 is 5.34. The van der Waals surface area contributed by atoms with Gasteiger partial charge in [0.15, 0.2) is 0 Å². The van der Waals surface area contributed by atoms with Gasteiger partial charge in [-0.25, -0.2) is 0 Å². The molecule has 7 nitrogen and oxygen atoms in total. The number of ether oxygens (including phenoxy) is 1. The molecule has 146 valence electrons. The molecule has 0 aromatic heterocycles. The Morgan fingerprint density at radius 3 is 2.70 bits per heavy atom. The van der Waals surface area contributed by atoms with E-state index in [4.69, 9.17) is 4.74 Å². The summed E-state index contributed by atoms with van der Waals surface area (Å²) in [5.74, 6) is -0.474. The molecular formula is C20H28N4O3. The molecule has 0 bridgehead atoms.